The van der Waals surface area contributed by atoms with Crippen molar-refractivity contribution in [3.8, 4) is 0 Å². The van der Waals surface area contributed by atoms with Crippen LogP contribution in [0.4, 0.5) is 0 Å². The first-order valence-corrected chi connectivity index (χ1v) is 7.92. The molecule has 100 valence electrons. The molecule has 3 nitrogen and oxygen atoms in total. The number of amides is 1. The number of rotatable bonds is 3. The summed E-state index contributed by atoms with van der Waals surface area (Å²) in [7, 11) is 1.79. The molecule has 19 heavy (non-hydrogen) atoms. The van der Waals surface area contributed by atoms with Gasteiger partial charge in [-0.25, -0.2) is 4.98 Å². The van der Waals surface area contributed by atoms with Crippen molar-refractivity contribution in [2.75, 3.05) is 7.05 Å². The molecule has 0 aliphatic heterocycles. The third-order valence-electron chi connectivity index (χ3n) is 2.73. The fourth-order valence-electron chi connectivity index (χ4n) is 1.63. The monoisotopic (exact) mass is 406 g/mol. The normalized spacial score (nSPS) is 10.5. The van der Waals surface area contributed by atoms with Gasteiger partial charge in [-0.3, -0.25) is 4.79 Å². The maximum absolute atomic E-state index is 12.4. The summed E-state index contributed by atoms with van der Waals surface area (Å²) in [4.78, 5) is 19.4. The number of carbonyl (C=O) groups is 1. The summed E-state index contributed by atoms with van der Waals surface area (Å²) < 4.78 is 0.903. The molecule has 1 aromatic carbocycles. The molecule has 0 saturated heterocycles. The third-order valence-corrected chi connectivity index (χ3v) is 4.83. The van der Waals surface area contributed by atoms with Crippen LogP contribution < -0.4 is 0 Å². The summed E-state index contributed by atoms with van der Waals surface area (Å²) >= 11 is 9.66. The molecule has 2 rings (SSSR count). The van der Waals surface area contributed by atoms with E-state index >= 15 is 0 Å². The average molecular weight is 407 g/mol. The van der Waals surface area contributed by atoms with Gasteiger partial charge in [0.2, 0.25) is 0 Å². The maximum Gasteiger partial charge on any atom is 0.255 e. The largest absolute Gasteiger partial charge is 0.336 e. The summed E-state index contributed by atoms with van der Waals surface area (Å²) in [5.74, 6) is -0.0281. The van der Waals surface area contributed by atoms with Gasteiger partial charge in [-0.2, -0.15) is 0 Å². The van der Waals surface area contributed by atoms with Crippen molar-refractivity contribution in [1.29, 1.82) is 0 Å². The maximum atomic E-state index is 12.4. The first-order chi connectivity index (χ1) is 8.99. The highest BCUT2D eigenvalue weighted by molar-refractivity contribution is 14.1. The number of benzene rings is 1. The summed E-state index contributed by atoms with van der Waals surface area (Å²) in [6, 6.07) is 5.34. The van der Waals surface area contributed by atoms with E-state index in [2.05, 4.69) is 27.6 Å². The minimum atomic E-state index is -0.0281. The molecule has 0 saturated carbocycles. The summed E-state index contributed by atoms with van der Waals surface area (Å²) in [5.41, 5.74) is 3.41. The Morgan fingerprint density at radius 2 is 2.26 bits per heavy atom. The van der Waals surface area contributed by atoms with Crippen LogP contribution in [0.1, 0.15) is 20.9 Å². The van der Waals surface area contributed by atoms with Crippen molar-refractivity contribution in [3.05, 3.63) is 48.4 Å². The number of halogens is 2. The van der Waals surface area contributed by atoms with Gasteiger partial charge in [0.1, 0.15) is 0 Å². The highest BCUT2D eigenvalue weighted by atomic mass is 127. The molecule has 1 heterocycles. The van der Waals surface area contributed by atoms with Crippen molar-refractivity contribution >= 4 is 51.4 Å². The lowest BCUT2D eigenvalue weighted by Gasteiger charge is -2.17. The predicted octanol–water partition coefficient (Wildman–Crippen LogP) is 3.98. The number of thiazole rings is 1. The first-order valence-electron chi connectivity index (χ1n) is 5.58. The second-order valence-electron chi connectivity index (χ2n) is 4.15. The van der Waals surface area contributed by atoms with E-state index in [1.54, 1.807) is 40.9 Å². The average Bonchev–Trinajstić information content (AvgIpc) is 2.77. The number of carbonyl (C=O) groups excluding carboxylic acids is 1. The molecule has 0 spiro atoms. The Kier molecular flexibility index (Phi) is 4.81. The molecule has 0 bridgehead atoms. The van der Waals surface area contributed by atoms with Crippen LogP contribution in [0.25, 0.3) is 0 Å². The highest BCUT2D eigenvalue weighted by Gasteiger charge is 2.17. The molecule has 6 heteroatoms. The van der Waals surface area contributed by atoms with Gasteiger partial charge < -0.3 is 4.90 Å². The molecule has 0 atom stereocenters. The van der Waals surface area contributed by atoms with Gasteiger partial charge in [0.15, 0.2) is 0 Å². The van der Waals surface area contributed by atoms with Crippen LogP contribution in [0.15, 0.2) is 23.7 Å². The number of aryl methyl sites for hydroxylation is 1. The fourth-order valence-corrected chi connectivity index (χ4v) is 3.20. The smallest absolute Gasteiger partial charge is 0.255 e. The number of hydrogen-bond donors (Lipinski definition) is 0. The summed E-state index contributed by atoms with van der Waals surface area (Å²) in [6.07, 6.45) is 0. The zero-order valence-corrected chi connectivity index (χ0v) is 14.2. The van der Waals surface area contributed by atoms with Gasteiger partial charge in [0.05, 0.1) is 23.3 Å². The van der Waals surface area contributed by atoms with Crippen LogP contribution in [0.2, 0.25) is 5.02 Å². The lowest BCUT2D eigenvalue weighted by molar-refractivity contribution is 0.0785. The van der Waals surface area contributed by atoms with E-state index in [4.69, 9.17) is 11.6 Å². The number of nitrogens with zero attached hydrogens (tertiary/aromatic N) is 2. The van der Waals surface area contributed by atoms with Gasteiger partial charge in [0, 0.05) is 20.5 Å². The van der Waals surface area contributed by atoms with Crippen molar-refractivity contribution < 1.29 is 4.79 Å². The summed E-state index contributed by atoms with van der Waals surface area (Å²) in [5, 5.41) is 0.575. The molecule has 0 N–H and O–H groups in total. The van der Waals surface area contributed by atoms with E-state index in [0.29, 0.717) is 17.1 Å². The second kappa shape index (κ2) is 6.19. The molecular formula is C13H12ClIN2OS. The Hall–Kier alpha value is -0.660. The fraction of sp³-hybridized carbons (Fsp3) is 0.231. The van der Waals surface area contributed by atoms with Crippen molar-refractivity contribution in [2.45, 2.75) is 13.5 Å². The van der Waals surface area contributed by atoms with Gasteiger partial charge in [-0.15, -0.1) is 11.3 Å². The van der Waals surface area contributed by atoms with Gasteiger partial charge in [-0.1, -0.05) is 11.6 Å². The van der Waals surface area contributed by atoms with E-state index < -0.39 is 0 Å². The van der Waals surface area contributed by atoms with E-state index in [0.717, 1.165) is 14.1 Å². The second-order valence-corrected chi connectivity index (χ2v) is 6.68. The SMILES string of the molecule is Cc1ncsc1CN(C)C(=O)c1cc(Cl)ccc1I. The zero-order chi connectivity index (χ0) is 14.0. The predicted molar refractivity (Wildman–Crippen MR) is 86.8 cm³/mol. The van der Waals surface area contributed by atoms with Crippen LogP contribution in [-0.2, 0) is 6.54 Å². The van der Waals surface area contributed by atoms with Crippen molar-refractivity contribution in [1.82, 2.24) is 9.88 Å². The van der Waals surface area contributed by atoms with Crippen molar-refractivity contribution in [2.24, 2.45) is 0 Å². The van der Waals surface area contributed by atoms with E-state index in [1.165, 1.54) is 0 Å². The number of hydrogen-bond acceptors (Lipinski definition) is 3. The molecular weight excluding hydrogens is 395 g/mol. The zero-order valence-electron chi connectivity index (χ0n) is 10.5. The summed E-state index contributed by atoms with van der Waals surface area (Å²) in [6.45, 7) is 2.52. The van der Waals surface area contributed by atoms with Gasteiger partial charge in [0.25, 0.3) is 5.91 Å². The van der Waals surface area contributed by atoms with Gasteiger partial charge >= 0.3 is 0 Å². The van der Waals surface area contributed by atoms with E-state index in [9.17, 15) is 4.79 Å². The Labute approximate surface area is 134 Å². The number of aromatic nitrogens is 1. The first kappa shape index (κ1) is 14.7. The molecule has 0 fully saturated rings. The minimum absolute atomic E-state index is 0.0281. The van der Waals surface area contributed by atoms with Crippen LogP contribution >= 0.6 is 45.5 Å². The van der Waals surface area contributed by atoms with E-state index in [1.807, 2.05) is 13.0 Å². The highest BCUT2D eigenvalue weighted by Crippen LogP contribution is 2.21. The third kappa shape index (κ3) is 3.46. The van der Waals surface area contributed by atoms with E-state index in [-0.39, 0.29) is 5.91 Å². The Morgan fingerprint density at radius 1 is 1.53 bits per heavy atom. The standard InChI is InChI=1S/C13H12ClIN2OS/c1-8-12(19-7-16-8)6-17(2)13(18)10-5-9(14)3-4-11(10)15/h3-5,7H,6H2,1-2H3. The quantitative estimate of drug-likeness (QED) is 0.722. The molecule has 0 aliphatic carbocycles. The lowest BCUT2D eigenvalue weighted by Crippen LogP contribution is -2.26. The molecule has 2 aromatic rings. The lowest BCUT2D eigenvalue weighted by atomic mass is 10.2. The Bertz CT molecular complexity index is 614. The molecule has 1 amide bonds. The minimum Gasteiger partial charge on any atom is -0.336 e. The molecule has 0 radical (unpaired) electrons. The van der Waals surface area contributed by atoms with Crippen LogP contribution in [0, 0.1) is 10.5 Å². The Balaban J connectivity index is 2.19. The molecule has 0 aliphatic rings. The Morgan fingerprint density at radius 3 is 2.89 bits per heavy atom. The topological polar surface area (TPSA) is 33.2 Å². The van der Waals surface area contributed by atoms with Crippen LogP contribution in [0.5, 0.6) is 0 Å². The van der Waals surface area contributed by atoms with Crippen molar-refractivity contribution in [3.63, 3.8) is 0 Å². The molecule has 0 unspecified atom stereocenters. The van der Waals surface area contributed by atoms with Crippen LogP contribution in [0.3, 0.4) is 0 Å². The van der Waals surface area contributed by atoms with Crippen LogP contribution in [-0.4, -0.2) is 22.8 Å². The molecule has 1 aromatic heterocycles. The van der Waals surface area contributed by atoms with Gasteiger partial charge in [-0.05, 0) is 47.7 Å².